The fourth-order valence-electron chi connectivity index (χ4n) is 5.41. The van der Waals surface area contributed by atoms with Crippen molar-refractivity contribution >= 4 is 17.4 Å². The molecule has 2 aromatic carbocycles. The lowest BCUT2D eigenvalue weighted by Crippen LogP contribution is -2.54. The van der Waals surface area contributed by atoms with Crippen LogP contribution in [0, 0.1) is 18.3 Å². The van der Waals surface area contributed by atoms with Crippen molar-refractivity contribution in [2.75, 3.05) is 55.6 Å². The summed E-state index contributed by atoms with van der Waals surface area (Å²) in [5.74, 6) is 1.08. The van der Waals surface area contributed by atoms with Crippen molar-refractivity contribution in [1.29, 1.82) is 5.26 Å². The summed E-state index contributed by atoms with van der Waals surface area (Å²) in [4.78, 5) is 27.1. The third kappa shape index (κ3) is 5.45. The lowest BCUT2D eigenvalue weighted by molar-refractivity contribution is 0.0672. The van der Waals surface area contributed by atoms with E-state index in [4.69, 9.17) is 0 Å². The summed E-state index contributed by atoms with van der Waals surface area (Å²) in [5.41, 5.74) is 4.74. The lowest BCUT2D eigenvalue weighted by Gasteiger charge is -2.40. The summed E-state index contributed by atoms with van der Waals surface area (Å²) in [7, 11) is 0. The molecule has 0 radical (unpaired) electrons. The number of aromatic nitrogens is 1. The summed E-state index contributed by atoms with van der Waals surface area (Å²) >= 11 is 0. The van der Waals surface area contributed by atoms with E-state index >= 15 is 0 Å². The van der Waals surface area contributed by atoms with Crippen LogP contribution in [-0.4, -0.2) is 72.5 Å². The van der Waals surface area contributed by atoms with E-state index < -0.39 is 0 Å². The molecule has 2 saturated heterocycles. The number of para-hydroxylation sites is 1. The van der Waals surface area contributed by atoms with E-state index in [0.29, 0.717) is 6.54 Å². The number of hydrogen-bond donors (Lipinski definition) is 0. The van der Waals surface area contributed by atoms with Crippen molar-refractivity contribution in [3.05, 3.63) is 89.1 Å². The summed E-state index contributed by atoms with van der Waals surface area (Å²) in [6.07, 6.45) is 1.82. The Bertz CT molecular complexity index is 1280. The zero-order chi connectivity index (χ0) is 25.8. The Hall–Kier alpha value is -3.89. The average molecular weight is 495 g/mol. The minimum absolute atomic E-state index is 0.107. The van der Waals surface area contributed by atoms with Gasteiger partial charge >= 0.3 is 0 Å². The molecule has 190 valence electrons. The number of carbonyl (C=O) groups is 1. The van der Waals surface area contributed by atoms with E-state index in [1.807, 2.05) is 60.5 Å². The van der Waals surface area contributed by atoms with Crippen LogP contribution in [0.15, 0.2) is 66.9 Å². The first-order valence-corrected chi connectivity index (χ1v) is 13.1. The molecule has 3 aromatic rings. The molecule has 1 aromatic heterocycles. The standard InChI is InChI=1S/C30H34N6O/c1-23-10-11-25(22-33-13-15-34(16-14-33)28-8-4-3-7-26(28)20-31)19-27(23)30(37)36-18-17-35(21-24(36)2)29-9-5-6-12-32-29/h3-12,19,24H,13-18,21-22H2,1-2H3. The van der Waals surface area contributed by atoms with Gasteiger partial charge in [0.05, 0.1) is 11.3 Å². The predicted molar refractivity (Wildman–Crippen MR) is 147 cm³/mol. The molecule has 7 nitrogen and oxygen atoms in total. The highest BCUT2D eigenvalue weighted by Crippen LogP contribution is 2.24. The highest BCUT2D eigenvalue weighted by atomic mass is 16.2. The number of nitriles is 1. The van der Waals surface area contributed by atoms with Gasteiger partial charge in [-0.15, -0.1) is 0 Å². The maximum atomic E-state index is 13.6. The van der Waals surface area contributed by atoms with Gasteiger partial charge in [-0.2, -0.15) is 5.26 Å². The molecule has 0 saturated carbocycles. The molecule has 0 spiro atoms. The van der Waals surface area contributed by atoms with Gasteiger partial charge in [0.1, 0.15) is 11.9 Å². The van der Waals surface area contributed by atoms with E-state index in [9.17, 15) is 10.1 Å². The van der Waals surface area contributed by atoms with Crippen LogP contribution in [0.1, 0.15) is 34.0 Å². The monoisotopic (exact) mass is 494 g/mol. The second-order valence-electron chi connectivity index (χ2n) is 10.0. The van der Waals surface area contributed by atoms with E-state index in [2.05, 4.69) is 50.9 Å². The molecule has 2 aliphatic heterocycles. The lowest BCUT2D eigenvalue weighted by atomic mass is 10.0. The zero-order valence-electron chi connectivity index (χ0n) is 21.7. The highest BCUT2D eigenvalue weighted by molar-refractivity contribution is 5.96. The fraction of sp³-hybridized carbons (Fsp3) is 0.367. The molecule has 0 N–H and O–H groups in total. The molecule has 1 unspecified atom stereocenters. The number of benzene rings is 2. The third-order valence-electron chi connectivity index (χ3n) is 7.54. The van der Waals surface area contributed by atoms with E-state index in [-0.39, 0.29) is 11.9 Å². The fourth-order valence-corrected chi connectivity index (χ4v) is 5.41. The summed E-state index contributed by atoms with van der Waals surface area (Å²) < 4.78 is 0. The molecule has 1 atom stereocenters. The van der Waals surface area contributed by atoms with Crippen LogP contribution in [0.4, 0.5) is 11.5 Å². The molecule has 37 heavy (non-hydrogen) atoms. The molecule has 0 aliphatic carbocycles. The molecule has 7 heteroatoms. The molecule has 5 rings (SSSR count). The van der Waals surface area contributed by atoms with Crippen LogP contribution in [0.5, 0.6) is 0 Å². The van der Waals surface area contributed by atoms with Crippen LogP contribution in [-0.2, 0) is 6.54 Å². The first-order valence-electron chi connectivity index (χ1n) is 13.1. The first-order chi connectivity index (χ1) is 18.0. The molecule has 1 amide bonds. The quantitative estimate of drug-likeness (QED) is 0.535. The Balaban J connectivity index is 1.21. The van der Waals surface area contributed by atoms with Crippen molar-refractivity contribution in [3.63, 3.8) is 0 Å². The van der Waals surface area contributed by atoms with Gasteiger partial charge in [0.15, 0.2) is 0 Å². The minimum Gasteiger partial charge on any atom is -0.368 e. The van der Waals surface area contributed by atoms with Gasteiger partial charge in [-0.1, -0.05) is 30.3 Å². The predicted octanol–water partition coefficient (Wildman–Crippen LogP) is 3.93. The SMILES string of the molecule is Cc1ccc(CN2CCN(c3ccccc3C#N)CC2)cc1C(=O)N1CCN(c2ccccn2)CC1C. The van der Waals surface area contributed by atoms with Gasteiger partial charge in [-0.25, -0.2) is 4.98 Å². The van der Waals surface area contributed by atoms with E-state index in [1.54, 1.807) is 0 Å². The van der Waals surface area contributed by atoms with Crippen LogP contribution < -0.4 is 9.80 Å². The normalized spacial score (nSPS) is 18.5. The van der Waals surface area contributed by atoms with Gasteiger partial charge in [0.2, 0.25) is 0 Å². The Morgan fingerprint density at radius 1 is 0.973 bits per heavy atom. The number of rotatable bonds is 5. The second kappa shape index (κ2) is 11.0. The summed E-state index contributed by atoms with van der Waals surface area (Å²) in [5, 5.41) is 9.44. The summed E-state index contributed by atoms with van der Waals surface area (Å²) in [6.45, 7) is 10.8. The maximum absolute atomic E-state index is 13.6. The molecule has 3 heterocycles. The Morgan fingerprint density at radius 2 is 1.73 bits per heavy atom. The first kappa shape index (κ1) is 24.8. The number of aryl methyl sites for hydroxylation is 1. The average Bonchev–Trinajstić information content (AvgIpc) is 2.94. The van der Waals surface area contributed by atoms with Crippen LogP contribution in [0.2, 0.25) is 0 Å². The van der Waals surface area contributed by atoms with Crippen molar-refractivity contribution in [2.24, 2.45) is 0 Å². The van der Waals surface area contributed by atoms with Crippen molar-refractivity contribution < 1.29 is 4.79 Å². The van der Waals surface area contributed by atoms with Gasteiger partial charge in [-0.05, 0) is 55.3 Å². The van der Waals surface area contributed by atoms with Crippen molar-refractivity contribution in [1.82, 2.24) is 14.8 Å². The molecule has 2 fully saturated rings. The molecular formula is C30H34N6O. The van der Waals surface area contributed by atoms with Crippen LogP contribution in [0.25, 0.3) is 0 Å². The smallest absolute Gasteiger partial charge is 0.254 e. The zero-order valence-corrected chi connectivity index (χ0v) is 21.7. The second-order valence-corrected chi connectivity index (χ2v) is 10.0. The van der Waals surface area contributed by atoms with Gasteiger partial charge in [0.25, 0.3) is 5.91 Å². The number of anilines is 2. The van der Waals surface area contributed by atoms with E-state index in [0.717, 1.165) is 74.0 Å². The molecule has 2 aliphatic rings. The molecular weight excluding hydrogens is 460 g/mol. The number of hydrogen-bond acceptors (Lipinski definition) is 6. The Morgan fingerprint density at radius 3 is 2.46 bits per heavy atom. The largest absolute Gasteiger partial charge is 0.368 e. The number of nitrogens with zero attached hydrogens (tertiary/aromatic N) is 6. The number of amides is 1. The Kier molecular flexibility index (Phi) is 7.38. The van der Waals surface area contributed by atoms with Gasteiger partial charge in [0, 0.05) is 70.2 Å². The number of piperazine rings is 2. The summed E-state index contributed by atoms with van der Waals surface area (Å²) in [6, 6.07) is 22.5. The van der Waals surface area contributed by atoms with Crippen molar-refractivity contribution in [3.8, 4) is 6.07 Å². The number of pyridine rings is 1. The van der Waals surface area contributed by atoms with Gasteiger partial charge in [-0.3, -0.25) is 9.69 Å². The Labute approximate surface area is 219 Å². The third-order valence-corrected chi connectivity index (χ3v) is 7.54. The number of carbonyl (C=O) groups excluding carboxylic acids is 1. The van der Waals surface area contributed by atoms with E-state index in [1.165, 1.54) is 5.56 Å². The topological polar surface area (TPSA) is 66.7 Å². The molecule has 0 bridgehead atoms. The van der Waals surface area contributed by atoms with Crippen LogP contribution in [0.3, 0.4) is 0 Å². The van der Waals surface area contributed by atoms with Crippen molar-refractivity contribution in [2.45, 2.75) is 26.4 Å². The minimum atomic E-state index is 0.107. The maximum Gasteiger partial charge on any atom is 0.254 e. The van der Waals surface area contributed by atoms with Crippen LogP contribution >= 0.6 is 0 Å². The van der Waals surface area contributed by atoms with Gasteiger partial charge < -0.3 is 14.7 Å². The highest BCUT2D eigenvalue weighted by Gasteiger charge is 2.29.